The fourth-order valence-electron chi connectivity index (χ4n) is 3.48. The van der Waals surface area contributed by atoms with E-state index in [9.17, 15) is 0 Å². The molecule has 2 atom stereocenters. The van der Waals surface area contributed by atoms with Crippen molar-refractivity contribution in [3.05, 3.63) is 0 Å². The van der Waals surface area contributed by atoms with E-state index in [-0.39, 0.29) is 0 Å². The molecule has 5 heteroatoms. The average Bonchev–Trinajstić information content (AvgIpc) is 2.35. The van der Waals surface area contributed by atoms with Gasteiger partial charge in [0.15, 0.2) is 0 Å². The molecule has 3 heterocycles. The highest BCUT2D eigenvalue weighted by Crippen LogP contribution is 2.20. The number of nitrogens with one attached hydrogen (secondary N) is 1. The smallest absolute Gasteiger partial charge is 0.0830 e. The van der Waals surface area contributed by atoms with Crippen LogP contribution in [0.5, 0.6) is 0 Å². The van der Waals surface area contributed by atoms with Crippen LogP contribution in [0, 0.1) is 0 Å². The Hall–Kier alpha value is -0.200. The average molecular weight is 268 g/mol. The van der Waals surface area contributed by atoms with Crippen LogP contribution >= 0.6 is 0 Å². The summed E-state index contributed by atoms with van der Waals surface area (Å²) >= 11 is 0. The fraction of sp³-hybridized carbons (Fsp3) is 1.00. The number of hydrogen-bond donors (Lipinski definition) is 2. The molecule has 0 unspecified atom stereocenters. The second-order valence-electron chi connectivity index (χ2n) is 6.47. The molecule has 0 aliphatic carbocycles. The first-order chi connectivity index (χ1) is 9.20. The maximum atomic E-state index is 5.96. The Bertz CT molecular complexity index is 287. The van der Waals surface area contributed by atoms with Gasteiger partial charge in [-0.05, 0) is 19.8 Å². The topological polar surface area (TPSA) is 53.8 Å². The molecule has 5 nitrogen and oxygen atoms in total. The SMILES string of the molecule is C[C@@H]1CNC[C@@H](CN2CC(N3CCC(N)CC3)C2)O1. The minimum Gasteiger partial charge on any atom is -0.371 e. The van der Waals surface area contributed by atoms with E-state index in [2.05, 4.69) is 22.0 Å². The van der Waals surface area contributed by atoms with Gasteiger partial charge in [0, 0.05) is 57.9 Å². The molecule has 0 amide bonds. The Kier molecular flexibility index (Phi) is 4.39. The molecule has 0 radical (unpaired) electrons. The molecule has 3 aliphatic heterocycles. The Morgan fingerprint density at radius 3 is 2.63 bits per heavy atom. The van der Waals surface area contributed by atoms with E-state index < -0.39 is 0 Å². The van der Waals surface area contributed by atoms with Gasteiger partial charge in [-0.25, -0.2) is 0 Å². The van der Waals surface area contributed by atoms with Gasteiger partial charge in [0.1, 0.15) is 0 Å². The zero-order valence-electron chi connectivity index (χ0n) is 12.1. The number of nitrogens with two attached hydrogens (primary N) is 1. The van der Waals surface area contributed by atoms with Gasteiger partial charge in [-0.2, -0.15) is 0 Å². The zero-order chi connectivity index (χ0) is 13.2. The number of nitrogens with zero attached hydrogens (tertiary/aromatic N) is 2. The van der Waals surface area contributed by atoms with Crippen molar-refractivity contribution in [1.82, 2.24) is 15.1 Å². The number of piperidine rings is 1. The van der Waals surface area contributed by atoms with Crippen molar-refractivity contribution < 1.29 is 4.74 Å². The van der Waals surface area contributed by atoms with Gasteiger partial charge in [0.05, 0.1) is 12.2 Å². The normalized spacial score (nSPS) is 36.3. The molecule has 0 saturated carbocycles. The van der Waals surface area contributed by atoms with Crippen molar-refractivity contribution in [2.24, 2.45) is 5.73 Å². The first-order valence-electron chi connectivity index (χ1n) is 7.79. The van der Waals surface area contributed by atoms with E-state index in [1.54, 1.807) is 0 Å². The third kappa shape index (κ3) is 3.47. The number of likely N-dealkylation sites (tertiary alicyclic amines) is 2. The minimum atomic E-state index is 0.361. The molecular formula is C14H28N4O. The van der Waals surface area contributed by atoms with Gasteiger partial charge < -0.3 is 15.8 Å². The third-order valence-electron chi connectivity index (χ3n) is 4.72. The summed E-state index contributed by atoms with van der Waals surface area (Å²) in [4.78, 5) is 5.16. The Balaban J connectivity index is 1.36. The van der Waals surface area contributed by atoms with Crippen molar-refractivity contribution in [3.8, 4) is 0 Å². The summed E-state index contributed by atoms with van der Waals surface area (Å²) in [5.41, 5.74) is 5.96. The van der Waals surface area contributed by atoms with Gasteiger partial charge in [0.25, 0.3) is 0 Å². The summed E-state index contributed by atoms with van der Waals surface area (Å²) in [6.07, 6.45) is 3.08. The zero-order valence-corrected chi connectivity index (χ0v) is 12.1. The maximum absolute atomic E-state index is 5.96. The lowest BCUT2D eigenvalue weighted by Crippen LogP contribution is -2.63. The Morgan fingerprint density at radius 2 is 1.95 bits per heavy atom. The number of morpholine rings is 1. The van der Waals surface area contributed by atoms with Crippen LogP contribution < -0.4 is 11.1 Å². The monoisotopic (exact) mass is 268 g/mol. The summed E-state index contributed by atoms with van der Waals surface area (Å²) in [6.45, 7) is 10.0. The van der Waals surface area contributed by atoms with Crippen molar-refractivity contribution in [3.63, 3.8) is 0 Å². The third-order valence-corrected chi connectivity index (χ3v) is 4.72. The van der Waals surface area contributed by atoms with Crippen LogP contribution in [0.2, 0.25) is 0 Å². The highest BCUT2D eigenvalue weighted by molar-refractivity contribution is 4.92. The molecule has 110 valence electrons. The number of ether oxygens (including phenoxy) is 1. The molecule has 0 aromatic carbocycles. The molecule has 19 heavy (non-hydrogen) atoms. The summed E-state index contributed by atoms with van der Waals surface area (Å²) in [7, 11) is 0. The van der Waals surface area contributed by atoms with Gasteiger partial charge >= 0.3 is 0 Å². The summed E-state index contributed by atoms with van der Waals surface area (Å²) in [6, 6.07) is 1.21. The first-order valence-corrected chi connectivity index (χ1v) is 7.79. The highest BCUT2D eigenvalue weighted by Gasteiger charge is 2.35. The van der Waals surface area contributed by atoms with E-state index in [0.29, 0.717) is 18.2 Å². The van der Waals surface area contributed by atoms with Crippen molar-refractivity contribution in [2.45, 2.75) is 44.1 Å². The predicted octanol–water partition coefficient (Wildman–Crippen LogP) is -0.529. The quantitative estimate of drug-likeness (QED) is 0.721. The second kappa shape index (κ2) is 6.06. The van der Waals surface area contributed by atoms with Crippen LogP contribution in [-0.4, -0.2) is 79.9 Å². The van der Waals surface area contributed by atoms with E-state index >= 15 is 0 Å². The lowest BCUT2D eigenvalue weighted by molar-refractivity contribution is -0.0664. The van der Waals surface area contributed by atoms with Crippen LogP contribution in [0.25, 0.3) is 0 Å². The van der Waals surface area contributed by atoms with Crippen LogP contribution in [0.4, 0.5) is 0 Å². The lowest BCUT2D eigenvalue weighted by Gasteiger charge is -2.48. The van der Waals surface area contributed by atoms with Crippen LogP contribution in [0.3, 0.4) is 0 Å². The summed E-state index contributed by atoms with van der Waals surface area (Å²) in [5, 5.41) is 3.44. The minimum absolute atomic E-state index is 0.361. The van der Waals surface area contributed by atoms with Crippen LogP contribution in [-0.2, 0) is 4.74 Å². The highest BCUT2D eigenvalue weighted by atomic mass is 16.5. The first kappa shape index (κ1) is 13.8. The molecule has 3 rings (SSSR count). The van der Waals surface area contributed by atoms with Crippen molar-refractivity contribution >= 4 is 0 Å². The maximum Gasteiger partial charge on any atom is 0.0830 e. The molecule has 3 saturated heterocycles. The van der Waals surface area contributed by atoms with E-state index in [0.717, 1.165) is 25.7 Å². The molecule has 0 aromatic heterocycles. The van der Waals surface area contributed by atoms with E-state index in [4.69, 9.17) is 10.5 Å². The summed E-state index contributed by atoms with van der Waals surface area (Å²) in [5.74, 6) is 0. The molecule has 0 bridgehead atoms. The number of rotatable bonds is 3. The van der Waals surface area contributed by atoms with Crippen molar-refractivity contribution in [1.29, 1.82) is 0 Å². The Labute approximate surface area is 116 Å². The molecule has 3 fully saturated rings. The largest absolute Gasteiger partial charge is 0.371 e. The van der Waals surface area contributed by atoms with Crippen LogP contribution in [0.1, 0.15) is 19.8 Å². The molecule has 0 spiro atoms. The van der Waals surface area contributed by atoms with Crippen LogP contribution in [0.15, 0.2) is 0 Å². The number of hydrogen-bond acceptors (Lipinski definition) is 5. The molecular weight excluding hydrogens is 240 g/mol. The lowest BCUT2D eigenvalue weighted by atomic mass is 10.00. The Morgan fingerprint density at radius 1 is 1.21 bits per heavy atom. The molecule has 0 aromatic rings. The fourth-order valence-corrected chi connectivity index (χ4v) is 3.48. The van der Waals surface area contributed by atoms with Gasteiger partial charge in [-0.1, -0.05) is 0 Å². The van der Waals surface area contributed by atoms with E-state index in [1.165, 1.54) is 39.0 Å². The summed E-state index contributed by atoms with van der Waals surface area (Å²) < 4.78 is 5.95. The predicted molar refractivity (Wildman–Crippen MR) is 76.2 cm³/mol. The molecule has 3 aliphatic rings. The van der Waals surface area contributed by atoms with Gasteiger partial charge in [0.2, 0.25) is 0 Å². The molecule has 3 N–H and O–H groups in total. The standard InChI is InChI=1S/C14H28N4O/c1-11-6-16-7-14(19-11)10-17-8-13(9-17)18-4-2-12(15)3-5-18/h11-14,16H,2-10,15H2,1H3/t11-,14+/m1/s1. The van der Waals surface area contributed by atoms with Gasteiger partial charge in [-0.15, -0.1) is 0 Å². The van der Waals surface area contributed by atoms with Crippen molar-refractivity contribution in [2.75, 3.05) is 45.8 Å². The van der Waals surface area contributed by atoms with E-state index in [1.807, 2.05) is 0 Å². The van der Waals surface area contributed by atoms with Gasteiger partial charge in [-0.3, -0.25) is 9.80 Å². The second-order valence-corrected chi connectivity index (χ2v) is 6.47.